The van der Waals surface area contributed by atoms with Crippen molar-refractivity contribution in [2.24, 2.45) is 0 Å². The van der Waals surface area contributed by atoms with Crippen LogP contribution >= 0.6 is 0 Å². The van der Waals surface area contributed by atoms with E-state index in [4.69, 9.17) is 5.11 Å². The van der Waals surface area contributed by atoms with Gasteiger partial charge in [0.1, 0.15) is 5.75 Å². The SMILES string of the molecule is O=C(O)Nc1cccc(OC(F)(F)C(F)(F)F)c1. The smallest absolute Gasteiger partial charge is 0.465 e. The number of alkyl halides is 5. The number of carboxylic acid groups (broad SMARTS) is 1. The zero-order chi connectivity index (χ0) is 14.0. The Labute approximate surface area is 97.0 Å². The van der Waals surface area contributed by atoms with E-state index in [-0.39, 0.29) is 5.69 Å². The first-order valence-electron chi connectivity index (χ1n) is 4.35. The van der Waals surface area contributed by atoms with Crippen LogP contribution in [0, 0.1) is 0 Å². The Bertz CT molecular complexity index is 446. The summed E-state index contributed by atoms with van der Waals surface area (Å²) in [5, 5.41) is 10.1. The molecule has 0 radical (unpaired) electrons. The lowest BCUT2D eigenvalue weighted by atomic mass is 10.3. The molecule has 0 aromatic heterocycles. The minimum absolute atomic E-state index is 0.196. The Kier molecular flexibility index (Phi) is 3.63. The Morgan fingerprint density at radius 1 is 1.22 bits per heavy atom. The molecule has 1 rings (SSSR count). The summed E-state index contributed by atoms with van der Waals surface area (Å²) in [6, 6.07) is 3.76. The van der Waals surface area contributed by atoms with E-state index in [0.717, 1.165) is 18.2 Å². The van der Waals surface area contributed by atoms with Gasteiger partial charge < -0.3 is 9.84 Å². The van der Waals surface area contributed by atoms with Crippen LogP contribution in [0.1, 0.15) is 0 Å². The number of ether oxygens (including phenoxy) is 1. The largest absolute Gasteiger partial charge is 0.499 e. The van der Waals surface area contributed by atoms with Crippen LogP contribution in [0.25, 0.3) is 0 Å². The van der Waals surface area contributed by atoms with Crippen molar-refractivity contribution in [3.63, 3.8) is 0 Å². The average Bonchev–Trinajstić information content (AvgIpc) is 2.14. The third kappa shape index (κ3) is 3.47. The van der Waals surface area contributed by atoms with Gasteiger partial charge in [-0.25, -0.2) is 4.79 Å². The van der Waals surface area contributed by atoms with Crippen molar-refractivity contribution in [3.8, 4) is 5.75 Å². The summed E-state index contributed by atoms with van der Waals surface area (Å²) >= 11 is 0. The minimum Gasteiger partial charge on any atom is -0.465 e. The number of amides is 1. The fraction of sp³-hybridized carbons (Fsp3) is 0.222. The molecule has 0 bridgehead atoms. The molecule has 0 heterocycles. The van der Waals surface area contributed by atoms with Gasteiger partial charge in [-0.3, -0.25) is 5.32 Å². The Balaban J connectivity index is 2.89. The van der Waals surface area contributed by atoms with Gasteiger partial charge in [0.2, 0.25) is 0 Å². The number of benzene rings is 1. The molecule has 0 saturated heterocycles. The van der Waals surface area contributed by atoms with Gasteiger partial charge in [0.05, 0.1) is 0 Å². The van der Waals surface area contributed by atoms with E-state index in [9.17, 15) is 26.7 Å². The van der Waals surface area contributed by atoms with Crippen molar-refractivity contribution in [2.75, 3.05) is 5.32 Å². The first-order valence-corrected chi connectivity index (χ1v) is 4.35. The molecule has 4 nitrogen and oxygen atoms in total. The summed E-state index contributed by atoms with van der Waals surface area (Å²) in [6.07, 6.45) is -12.7. The molecule has 1 aromatic rings. The van der Waals surface area contributed by atoms with Gasteiger partial charge in [-0.2, -0.15) is 22.0 Å². The lowest BCUT2D eigenvalue weighted by Gasteiger charge is -2.20. The molecule has 0 spiro atoms. The van der Waals surface area contributed by atoms with Crippen LogP contribution in [0.3, 0.4) is 0 Å². The van der Waals surface area contributed by atoms with Crippen LogP contribution in [-0.4, -0.2) is 23.5 Å². The molecule has 1 aromatic carbocycles. The molecule has 2 N–H and O–H groups in total. The molecule has 0 aliphatic carbocycles. The predicted octanol–water partition coefficient (Wildman–Crippen LogP) is 3.31. The van der Waals surface area contributed by atoms with Gasteiger partial charge >= 0.3 is 18.4 Å². The molecular weight excluding hydrogens is 265 g/mol. The van der Waals surface area contributed by atoms with Crippen LogP contribution in [-0.2, 0) is 0 Å². The van der Waals surface area contributed by atoms with Gasteiger partial charge in [-0.05, 0) is 12.1 Å². The van der Waals surface area contributed by atoms with E-state index in [1.807, 2.05) is 0 Å². The van der Waals surface area contributed by atoms with Crippen molar-refractivity contribution < 1.29 is 36.6 Å². The van der Waals surface area contributed by atoms with Crippen LogP contribution in [0.15, 0.2) is 24.3 Å². The maximum atomic E-state index is 12.5. The van der Waals surface area contributed by atoms with Crippen molar-refractivity contribution in [1.29, 1.82) is 0 Å². The van der Waals surface area contributed by atoms with E-state index in [0.29, 0.717) is 6.07 Å². The summed E-state index contributed by atoms with van der Waals surface area (Å²) in [4.78, 5) is 10.2. The van der Waals surface area contributed by atoms with E-state index in [2.05, 4.69) is 4.74 Å². The van der Waals surface area contributed by atoms with Gasteiger partial charge in [0.25, 0.3) is 0 Å². The first-order chi connectivity index (χ1) is 8.12. The highest BCUT2D eigenvalue weighted by Crippen LogP contribution is 2.37. The Hall–Kier alpha value is -2.06. The molecule has 0 unspecified atom stereocenters. The standard InChI is InChI=1S/C9H6F5NO3/c10-8(11,12)9(13,14)18-6-3-1-2-5(4-6)15-7(16)17/h1-4,15H,(H,16,17). The van der Waals surface area contributed by atoms with Crippen LogP contribution in [0.2, 0.25) is 0 Å². The van der Waals surface area contributed by atoms with E-state index in [1.54, 1.807) is 5.32 Å². The molecule has 9 heteroatoms. The van der Waals surface area contributed by atoms with E-state index in [1.165, 1.54) is 0 Å². The third-order valence-electron chi connectivity index (χ3n) is 1.66. The van der Waals surface area contributed by atoms with Crippen molar-refractivity contribution in [3.05, 3.63) is 24.3 Å². The quantitative estimate of drug-likeness (QED) is 0.829. The molecule has 0 aliphatic rings. The lowest BCUT2D eigenvalue weighted by Crippen LogP contribution is -2.41. The Morgan fingerprint density at radius 2 is 1.83 bits per heavy atom. The normalized spacial score (nSPS) is 12.1. The lowest BCUT2D eigenvalue weighted by molar-refractivity contribution is -0.360. The fourth-order valence-electron chi connectivity index (χ4n) is 0.967. The van der Waals surface area contributed by atoms with E-state index >= 15 is 0 Å². The summed E-state index contributed by atoms with van der Waals surface area (Å²) in [7, 11) is 0. The maximum absolute atomic E-state index is 12.5. The minimum atomic E-state index is -5.86. The van der Waals surface area contributed by atoms with Crippen LogP contribution in [0.4, 0.5) is 32.4 Å². The molecule has 0 atom stereocenters. The summed E-state index contributed by atoms with van der Waals surface area (Å²) < 4.78 is 64.1. The second-order valence-electron chi connectivity index (χ2n) is 3.07. The Morgan fingerprint density at radius 3 is 2.33 bits per heavy atom. The highest BCUT2D eigenvalue weighted by atomic mass is 19.4. The summed E-state index contributed by atoms with van der Waals surface area (Å²) in [6.45, 7) is 0. The van der Waals surface area contributed by atoms with Gasteiger partial charge in [0.15, 0.2) is 0 Å². The van der Waals surface area contributed by atoms with Crippen molar-refractivity contribution in [1.82, 2.24) is 0 Å². The van der Waals surface area contributed by atoms with Crippen molar-refractivity contribution in [2.45, 2.75) is 12.3 Å². The summed E-state index contributed by atoms with van der Waals surface area (Å²) in [5.41, 5.74) is -0.196. The first kappa shape index (κ1) is 14.0. The van der Waals surface area contributed by atoms with E-state index < -0.39 is 24.1 Å². The molecule has 0 aliphatic heterocycles. The molecule has 0 fully saturated rings. The number of nitrogens with one attached hydrogen (secondary N) is 1. The zero-order valence-corrected chi connectivity index (χ0v) is 8.46. The fourth-order valence-corrected chi connectivity index (χ4v) is 0.967. The molecule has 100 valence electrons. The topological polar surface area (TPSA) is 58.6 Å². The molecule has 0 saturated carbocycles. The van der Waals surface area contributed by atoms with Gasteiger partial charge in [-0.1, -0.05) is 6.07 Å². The number of carbonyl (C=O) groups is 1. The summed E-state index contributed by atoms with van der Waals surface area (Å²) in [5.74, 6) is -0.816. The number of halogens is 5. The second-order valence-corrected chi connectivity index (χ2v) is 3.07. The predicted molar refractivity (Wildman–Crippen MR) is 49.7 cm³/mol. The van der Waals surface area contributed by atoms with Gasteiger partial charge in [0, 0.05) is 11.8 Å². The second kappa shape index (κ2) is 4.67. The molecule has 18 heavy (non-hydrogen) atoms. The zero-order valence-electron chi connectivity index (χ0n) is 8.46. The number of hydrogen-bond donors (Lipinski definition) is 2. The molecule has 1 amide bonds. The number of hydrogen-bond acceptors (Lipinski definition) is 2. The average molecular weight is 271 g/mol. The van der Waals surface area contributed by atoms with Crippen molar-refractivity contribution >= 4 is 11.8 Å². The number of anilines is 1. The number of rotatable bonds is 3. The maximum Gasteiger partial charge on any atom is 0.499 e. The monoisotopic (exact) mass is 271 g/mol. The highest BCUT2D eigenvalue weighted by molar-refractivity contribution is 5.83. The highest BCUT2D eigenvalue weighted by Gasteiger charge is 2.61. The van der Waals surface area contributed by atoms with Gasteiger partial charge in [-0.15, -0.1) is 0 Å². The third-order valence-corrected chi connectivity index (χ3v) is 1.66. The van der Waals surface area contributed by atoms with Crippen LogP contribution in [0.5, 0.6) is 5.75 Å². The van der Waals surface area contributed by atoms with Crippen LogP contribution < -0.4 is 10.1 Å². The molecular formula is C9H6F5NO3.